The monoisotopic (exact) mass is 224 g/mol. The maximum Gasteiger partial charge on any atom is 0.330 e. The number of carbonyl (C=O) groups is 1. The third-order valence-corrected chi connectivity index (χ3v) is 3.78. The average Bonchev–Trinajstić information content (AvgIpc) is 2.27. The predicted octanol–water partition coefficient (Wildman–Crippen LogP) is 3.71. The number of esters is 1. The molecule has 0 heterocycles. The maximum absolute atomic E-state index is 11.3. The van der Waals surface area contributed by atoms with E-state index in [9.17, 15) is 4.79 Å². The van der Waals surface area contributed by atoms with E-state index in [2.05, 4.69) is 27.4 Å². The molecule has 0 bridgehead atoms. The molecule has 0 N–H and O–H groups in total. The maximum atomic E-state index is 11.3. The first kappa shape index (κ1) is 13.3. The molecule has 2 heteroatoms. The zero-order valence-electron chi connectivity index (χ0n) is 10.8. The van der Waals surface area contributed by atoms with Crippen LogP contribution in [0.1, 0.15) is 52.9 Å². The van der Waals surface area contributed by atoms with Gasteiger partial charge in [0.1, 0.15) is 5.60 Å². The van der Waals surface area contributed by atoms with Crippen molar-refractivity contribution >= 4 is 5.97 Å². The van der Waals surface area contributed by atoms with Gasteiger partial charge in [-0.3, -0.25) is 0 Å². The molecule has 2 nitrogen and oxygen atoms in total. The van der Waals surface area contributed by atoms with E-state index < -0.39 is 0 Å². The quantitative estimate of drug-likeness (QED) is 0.537. The molecule has 92 valence electrons. The Bertz CT molecular complexity index is 245. The molecule has 1 aliphatic rings. The van der Waals surface area contributed by atoms with Crippen molar-refractivity contribution in [3.05, 3.63) is 12.7 Å². The normalized spacial score (nSPS) is 34.4. The highest BCUT2D eigenvalue weighted by atomic mass is 16.6. The SMILES string of the molecule is C=CC(=O)OC1(C)CC(CC)CC(CC)C1. The third-order valence-electron chi connectivity index (χ3n) is 3.78. The number of hydrogen-bond donors (Lipinski definition) is 0. The van der Waals surface area contributed by atoms with Gasteiger partial charge >= 0.3 is 5.97 Å². The van der Waals surface area contributed by atoms with E-state index in [1.165, 1.54) is 25.3 Å². The van der Waals surface area contributed by atoms with Crippen LogP contribution in [0.3, 0.4) is 0 Å². The Hall–Kier alpha value is -0.790. The van der Waals surface area contributed by atoms with Crippen molar-refractivity contribution in [3.63, 3.8) is 0 Å². The minimum atomic E-state index is -0.283. The van der Waals surface area contributed by atoms with Crippen LogP contribution in [0.15, 0.2) is 12.7 Å². The Morgan fingerprint density at radius 3 is 2.25 bits per heavy atom. The van der Waals surface area contributed by atoms with E-state index in [4.69, 9.17) is 4.74 Å². The summed E-state index contributed by atoms with van der Waals surface area (Å²) in [5.74, 6) is 1.11. The van der Waals surface area contributed by atoms with Crippen molar-refractivity contribution < 1.29 is 9.53 Å². The summed E-state index contributed by atoms with van der Waals surface area (Å²) in [5.41, 5.74) is -0.273. The second-order valence-corrected chi connectivity index (χ2v) is 5.27. The topological polar surface area (TPSA) is 26.3 Å². The lowest BCUT2D eigenvalue weighted by Crippen LogP contribution is -2.40. The Balaban J connectivity index is 2.69. The van der Waals surface area contributed by atoms with E-state index in [0.29, 0.717) is 11.8 Å². The number of carbonyl (C=O) groups excluding carboxylic acids is 1. The summed E-state index contributed by atoms with van der Waals surface area (Å²) < 4.78 is 5.54. The highest BCUT2D eigenvalue weighted by Gasteiger charge is 2.38. The van der Waals surface area contributed by atoms with Gasteiger partial charge in [-0.05, 0) is 38.0 Å². The fraction of sp³-hybridized carbons (Fsp3) is 0.786. The number of hydrogen-bond acceptors (Lipinski definition) is 2. The molecule has 0 aromatic heterocycles. The summed E-state index contributed by atoms with van der Waals surface area (Å²) in [5, 5.41) is 0. The zero-order chi connectivity index (χ0) is 12.2. The molecule has 1 fully saturated rings. The summed E-state index contributed by atoms with van der Waals surface area (Å²) in [6.45, 7) is 9.97. The smallest absolute Gasteiger partial charge is 0.330 e. The summed E-state index contributed by atoms with van der Waals surface area (Å²) in [7, 11) is 0. The van der Waals surface area contributed by atoms with Crippen LogP contribution in [-0.4, -0.2) is 11.6 Å². The van der Waals surface area contributed by atoms with Crippen molar-refractivity contribution in [1.82, 2.24) is 0 Å². The van der Waals surface area contributed by atoms with Gasteiger partial charge in [0.15, 0.2) is 0 Å². The molecular formula is C14H24O2. The van der Waals surface area contributed by atoms with E-state index in [-0.39, 0.29) is 11.6 Å². The van der Waals surface area contributed by atoms with Gasteiger partial charge in [0.2, 0.25) is 0 Å². The van der Waals surface area contributed by atoms with Crippen LogP contribution < -0.4 is 0 Å². The van der Waals surface area contributed by atoms with Gasteiger partial charge in [0.25, 0.3) is 0 Å². The van der Waals surface area contributed by atoms with Gasteiger partial charge in [-0.25, -0.2) is 4.79 Å². The van der Waals surface area contributed by atoms with Crippen LogP contribution in [0.25, 0.3) is 0 Å². The Kier molecular flexibility index (Phi) is 4.57. The highest BCUT2D eigenvalue weighted by Crippen LogP contribution is 2.41. The van der Waals surface area contributed by atoms with Crippen molar-refractivity contribution in [2.24, 2.45) is 11.8 Å². The largest absolute Gasteiger partial charge is 0.456 e. The summed E-state index contributed by atoms with van der Waals surface area (Å²) in [6, 6.07) is 0. The molecule has 2 unspecified atom stereocenters. The fourth-order valence-electron chi connectivity index (χ4n) is 2.93. The Morgan fingerprint density at radius 1 is 1.38 bits per heavy atom. The van der Waals surface area contributed by atoms with Crippen LogP contribution in [-0.2, 0) is 9.53 Å². The fourth-order valence-corrected chi connectivity index (χ4v) is 2.93. The van der Waals surface area contributed by atoms with E-state index in [0.717, 1.165) is 12.8 Å². The summed E-state index contributed by atoms with van der Waals surface area (Å²) >= 11 is 0. The first-order valence-electron chi connectivity index (χ1n) is 6.38. The molecule has 16 heavy (non-hydrogen) atoms. The molecule has 1 rings (SSSR count). The van der Waals surface area contributed by atoms with Crippen LogP contribution >= 0.6 is 0 Å². The molecule has 1 saturated carbocycles. The van der Waals surface area contributed by atoms with Gasteiger partial charge in [-0.2, -0.15) is 0 Å². The zero-order valence-corrected chi connectivity index (χ0v) is 10.8. The lowest BCUT2D eigenvalue weighted by Gasteiger charge is -2.41. The first-order valence-corrected chi connectivity index (χ1v) is 6.38. The second-order valence-electron chi connectivity index (χ2n) is 5.27. The van der Waals surface area contributed by atoms with Crippen molar-refractivity contribution in [3.8, 4) is 0 Å². The standard InChI is InChI=1S/C14H24O2/c1-5-11-8-12(6-2)10-14(4,9-11)16-13(15)7-3/h7,11-12H,3,5-6,8-10H2,1-2,4H3. The van der Waals surface area contributed by atoms with Crippen LogP contribution in [0, 0.1) is 11.8 Å². The predicted molar refractivity (Wildman–Crippen MR) is 66.1 cm³/mol. The van der Waals surface area contributed by atoms with Gasteiger partial charge < -0.3 is 4.74 Å². The highest BCUT2D eigenvalue weighted by molar-refractivity contribution is 5.81. The molecule has 0 saturated heterocycles. The van der Waals surface area contributed by atoms with Crippen molar-refractivity contribution in [2.45, 2.75) is 58.5 Å². The van der Waals surface area contributed by atoms with E-state index in [1.807, 2.05) is 0 Å². The Labute approximate surface area is 99.1 Å². The Morgan fingerprint density at radius 2 is 1.88 bits per heavy atom. The molecule has 0 amide bonds. The third kappa shape index (κ3) is 3.36. The first-order chi connectivity index (χ1) is 7.53. The number of ether oxygens (including phenoxy) is 1. The lowest BCUT2D eigenvalue weighted by molar-refractivity contribution is -0.158. The van der Waals surface area contributed by atoms with Crippen LogP contribution in [0.2, 0.25) is 0 Å². The minimum absolute atomic E-state index is 0.273. The summed E-state index contributed by atoms with van der Waals surface area (Å²) in [4.78, 5) is 11.3. The molecule has 0 radical (unpaired) electrons. The van der Waals surface area contributed by atoms with Crippen LogP contribution in [0.4, 0.5) is 0 Å². The molecule has 0 spiro atoms. The molecule has 0 aromatic carbocycles. The molecule has 0 aliphatic heterocycles. The van der Waals surface area contributed by atoms with E-state index in [1.54, 1.807) is 0 Å². The average molecular weight is 224 g/mol. The van der Waals surface area contributed by atoms with Crippen molar-refractivity contribution in [1.29, 1.82) is 0 Å². The second kappa shape index (κ2) is 5.51. The molecule has 0 aromatic rings. The number of rotatable bonds is 4. The lowest BCUT2D eigenvalue weighted by atomic mass is 9.71. The van der Waals surface area contributed by atoms with Crippen molar-refractivity contribution in [2.75, 3.05) is 0 Å². The molecule has 1 aliphatic carbocycles. The van der Waals surface area contributed by atoms with E-state index >= 15 is 0 Å². The minimum Gasteiger partial charge on any atom is -0.456 e. The molecule has 2 atom stereocenters. The van der Waals surface area contributed by atoms with Gasteiger partial charge in [-0.15, -0.1) is 0 Å². The van der Waals surface area contributed by atoms with Gasteiger partial charge in [0, 0.05) is 6.08 Å². The summed E-state index contributed by atoms with van der Waals surface area (Å²) in [6.07, 6.45) is 6.91. The van der Waals surface area contributed by atoms with Crippen LogP contribution in [0.5, 0.6) is 0 Å². The molecular weight excluding hydrogens is 200 g/mol. The van der Waals surface area contributed by atoms with Gasteiger partial charge in [-0.1, -0.05) is 33.3 Å². The van der Waals surface area contributed by atoms with Gasteiger partial charge in [0.05, 0.1) is 0 Å².